The Morgan fingerprint density at radius 3 is 2.47 bits per heavy atom. The van der Waals surface area contributed by atoms with E-state index in [1.807, 2.05) is 24.3 Å². The first-order valence-electron chi connectivity index (χ1n) is 10.7. The Balaban J connectivity index is 0.00000245. The number of ether oxygens (including phenoxy) is 2. The average Bonchev–Trinajstić information content (AvgIpc) is 3.33. The molecule has 2 aromatic carbocycles. The molecule has 1 saturated heterocycles. The van der Waals surface area contributed by atoms with Crippen molar-refractivity contribution in [2.24, 2.45) is 0 Å². The van der Waals surface area contributed by atoms with E-state index in [9.17, 15) is 9.66 Å². The van der Waals surface area contributed by atoms with Gasteiger partial charge in [-0.05, 0) is 68.6 Å². The van der Waals surface area contributed by atoms with Crippen LogP contribution in [0.3, 0.4) is 0 Å². The number of hydrogen-bond donors (Lipinski definition) is 0. The summed E-state index contributed by atoms with van der Waals surface area (Å²) in [4.78, 5) is 2.79. The van der Waals surface area contributed by atoms with E-state index in [0.29, 0.717) is 4.88 Å². The summed E-state index contributed by atoms with van der Waals surface area (Å²) in [5.74, 6) is 1.29. The quantitative estimate of drug-likeness (QED) is 0.419. The maximum absolute atomic E-state index is 11.9. The smallest absolute Gasteiger partial charge is 0.855 e. The first-order valence-corrected chi connectivity index (χ1v) is 11.8. The number of nitrogens with zero attached hydrogens (tertiary/aromatic N) is 2. The summed E-state index contributed by atoms with van der Waals surface area (Å²) < 4.78 is 28.1. The summed E-state index contributed by atoms with van der Waals surface area (Å²) in [6.45, 7) is 2.16. The van der Waals surface area contributed by atoms with Crippen LogP contribution >= 0.6 is 10.9 Å². The fraction of sp³-hybridized carbons (Fsp3) is 0.375. The number of piperidine rings is 1. The molecule has 1 aliphatic heterocycles. The van der Waals surface area contributed by atoms with Gasteiger partial charge in [0.05, 0.1) is 16.8 Å². The van der Waals surface area contributed by atoms with E-state index < -0.39 is 16.8 Å². The Hall–Kier alpha value is -1.61. The van der Waals surface area contributed by atoms with Crippen LogP contribution in [0.4, 0.5) is 0 Å². The van der Waals surface area contributed by atoms with E-state index in [1.165, 1.54) is 17.2 Å². The molecule has 0 N–H and O–H groups in total. The minimum absolute atomic E-state index is 0. The molecule has 1 aliphatic carbocycles. The molecular weight excluding hydrogens is 435 g/mol. The zero-order chi connectivity index (χ0) is 21.4. The summed E-state index contributed by atoms with van der Waals surface area (Å²) in [7, 11) is 0.546. The second-order valence-corrected chi connectivity index (χ2v) is 9.42. The van der Waals surface area contributed by atoms with Gasteiger partial charge in [0.25, 0.3) is 0 Å². The van der Waals surface area contributed by atoms with Gasteiger partial charge in [-0.2, -0.15) is 0 Å². The number of benzene rings is 2. The van der Waals surface area contributed by atoms with Gasteiger partial charge in [-0.3, -0.25) is 0 Å². The third kappa shape index (κ3) is 4.98. The van der Waals surface area contributed by atoms with Crippen molar-refractivity contribution in [3.8, 4) is 27.8 Å². The molecule has 5 rings (SSSR count). The summed E-state index contributed by atoms with van der Waals surface area (Å²) >= 11 is 0. The summed E-state index contributed by atoms with van der Waals surface area (Å²) in [5.41, 5.74) is 3.18. The third-order valence-electron chi connectivity index (χ3n) is 6.16. The molecule has 3 aromatic rings. The Morgan fingerprint density at radius 1 is 1.03 bits per heavy atom. The van der Waals surface area contributed by atoms with E-state index in [2.05, 4.69) is 34.5 Å². The minimum Gasteiger partial charge on any atom is -0.855 e. The fourth-order valence-electron chi connectivity index (χ4n) is 4.46. The van der Waals surface area contributed by atoms with Crippen LogP contribution in [0.15, 0.2) is 48.5 Å². The van der Waals surface area contributed by atoms with E-state index in [-0.39, 0.29) is 41.8 Å². The monoisotopic (exact) mass is 460 g/mol. The predicted molar refractivity (Wildman–Crippen MR) is 117 cm³/mol. The van der Waals surface area contributed by atoms with Crippen LogP contribution in [-0.4, -0.2) is 40.1 Å². The number of rotatable bonds is 5. The average molecular weight is 461 g/mol. The predicted octanol–water partition coefficient (Wildman–Crippen LogP) is 1.09. The molecule has 2 atom stereocenters. The molecular formula is C24H25N2NaO4S. The zero-order valence-corrected chi connectivity index (χ0v) is 21.3. The van der Waals surface area contributed by atoms with Crippen LogP contribution in [0.25, 0.3) is 10.4 Å². The molecule has 6 nitrogen and oxygen atoms in total. The Bertz CT molecular complexity index is 1060. The fourth-order valence-corrected chi connectivity index (χ4v) is 5.32. The third-order valence-corrected chi connectivity index (χ3v) is 7.24. The number of fused-ring (bicyclic) bond motifs is 1. The molecule has 162 valence electrons. The number of likely N-dealkylation sites (tertiary alicyclic amines) is 1. The topological polar surface area (TPSA) is 80.7 Å². The largest absolute Gasteiger partial charge is 1.00 e. The van der Waals surface area contributed by atoms with Crippen molar-refractivity contribution in [3.63, 3.8) is 0 Å². The van der Waals surface area contributed by atoms with Crippen LogP contribution in [0.1, 0.15) is 36.5 Å². The van der Waals surface area contributed by atoms with Crippen molar-refractivity contribution in [1.29, 1.82) is 0 Å². The maximum atomic E-state index is 11.9. The van der Waals surface area contributed by atoms with Crippen molar-refractivity contribution in [3.05, 3.63) is 59.7 Å². The van der Waals surface area contributed by atoms with E-state index in [1.54, 1.807) is 0 Å². The van der Waals surface area contributed by atoms with Gasteiger partial charge in [0.15, 0.2) is 0 Å². The Labute approximate surface area is 213 Å². The van der Waals surface area contributed by atoms with Crippen LogP contribution in [0.2, 0.25) is 0 Å². The minimum atomic E-state index is -1.61. The zero-order valence-electron chi connectivity index (χ0n) is 18.5. The van der Waals surface area contributed by atoms with Crippen LogP contribution in [0, 0.1) is 0 Å². The number of aromatic nitrogens is 1. The van der Waals surface area contributed by atoms with Gasteiger partial charge in [-0.1, -0.05) is 16.5 Å². The normalized spacial score (nSPS) is 19.3. The molecule has 32 heavy (non-hydrogen) atoms. The van der Waals surface area contributed by atoms with Crippen LogP contribution < -0.4 is 44.1 Å². The van der Waals surface area contributed by atoms with Gasteiger partial charge >= 0.3 is 29.6 Å². The van der Waals surface area contributed by atoms with Crippen molar-refractivity contribution < 1.29 is 48.7 Å². The molecule has 1 fully saturated rings. The van der Waals surface area contributed by atoms with Gasteiger partial charge in [0.1, 0.15) is 23.7 Å². The molecule has 2 aliphatic rings. The van der Waals surface area contributed by atoms with Crippen molar-refractivity contribution in [2.45, 2.75) is 37.9 Å². The van der Waals surface area contributed by atoms with E-state index in [0.717, 1.165) is 55.8 Å². The summed E-state index contributed by atoms with van der Waals surface area (Å²) in [6, 6.07) is 14.9. The van der Waals surface area contributed by atoms with Crippen LogP contribution in [0.5, 0.6) is 17.4 Å². The maximum Gasteiger partial charge on any atom is 1.00 e. The molecule has 1 aromatic heterocycles. The molecule has 2 unspecified atom stereocenters. The standard InChI is InChI=1S/C24H26N2O4S.Na/c1-26-13-11-18(12-14-26)30-21-4-2-3-19-20(21)9-10-22(19)29-17-7-5-16(6-8-17)23-15-24(27)25-31(23)28;/h2-8,15,18,22H,9-14H2,1H3,(H,25,27);/q;+1/p-1. The van der Waals surface area contributed by atoms with E-state index >= 15 is 0 Å². The molecule has 0 bridgehead atoms. The Morgan fingerprint density at radius 2 is 1.78 bits per heavy atom. The second kappa shape index (κ2) is 10.1. The first-order chi connectivity index (χ1) is 15.1. The van der Waals surface area contributed by atoms with Gasteiger partial charge in [-0.25, -0.2) is 0 Å². The van der Waals surface area contributed by atoms with Gasteiger partial charge in [-0.15, -0.1) is 0 Å². The molecule has 2 heterocycles. The molecule has 0 radical (unpaired) electrons. The summed E-state index contributed by atoms with van der Waals surface area (Å²) in [6.07, 6.45) is 4.24. The SMILES string of the molecule is CN1CCC(Oc2cccc3c2CCC3Oc2ccc(-c3cc([O-])n[s+]3[O-])cc2)CC1.[Na+]. The second-order valence-electron chi connectivity index (χ2n) is 8.30. The number of hydrogen-bond acceptors (Lipinski definition) is 6. The van der Waals surface area contributed by atoms with Gasteiger partial charge in [0.2, 0.25) is 4.88 Å². The van der Waals surface area contributed by atoms with Crippen molar-refractivity contribution >= 4 is 10.9 Å². The Kier molecular flexibility index (Phi) is 7.44. The molecule has 0 spiro atoms. The molecule has 0 amide bonds. The van der Waals surface area contributed by atoms with Crippen molar-refractivity contribution in [2.75, 3.05) is 20.1 Å². The van der Waals surface area contributed by atoms with Gasteiger partial charge < -0.3 is 24.0 Å². The van der Waals surface area contributed by atoms with Crippen molar-refractivity contribution in [1.82, 2.24) is 9.27 Å². The summed E-state index contributed by atoms with van der Waals surface area (Å²) in [5, 5.41) is 11.3. The molecule has 0 saturated carbocycles. The van der Waals surface area contributed by atoms with E-state index in [4.69, 9.17) is 9.47 Å². The van der Waals surface area contributed by atoms with Crippen LogP contribution in [-0.2, 0) is 6.42 Å². The first kappa shape index (κ1) is 23.5. The van der Waals surface area contributed by atoms with Gasteiger partial charge in [0, 0.05) is 30.3 Å². The molecule has 8 heteroatoms.